The summed E-state index contributed by atoms with van der Waals surface area (Å²) in [5.74, 6) is 0.875. The number of nitrogens with zero attached hydrogens (tertiary/aromatic N) is 1. The maximum absolute atomic E-state index is 10.9. The lowest BCUT2D eigenvalue weighted by Gasteiger charge is -2.28. The van der Waals surface area contributed by atoms with Crippen LogP contribution < -0.4 is 4.74 Å². The fraction of sp³-hybridized carbons (Fsp3) is 0.562. The molecule has 1 aliphatic heterocycles. The maximum atomic E-state index is 10.9. The average Bonchev–Trinajstić information content (AvgIpc) is 2.79. The molecule has 104 valence electrons. The van der Waals surface area contributed by atoms with Gasteiger partial charge in [-0.25, -0.2) is 0 Å². The molecule has 0 saturated carbocycles. The molecule has 0 radical (unpaired) electrons. The van der Waals surface area contributed by atoms with Crippen LogP contribution in [0.1, 0.15) is 49.0 Å². The third-order valence-electron chi connectivity index (χ3n) is 4.22. The number of rotatable bonds is 5. The van der Waals surface area contributed by atoms with E-state index in [1.165, 1.54) is 19.3 Å². The molecule has 2 rings (SSSR count). The van der Waals surface area contributed by atoms with Gasteiger partial charge in [-0.05, 0) is 44.4 Å². The van der Waals surface area contributed by atoms with E-state index >= 15 is 0 Å². The van der Waals surface area contributed by atoms with Gasteiger partial charge in [-0.15, -0.1) is 0 Å². The Labute approximate surface area is 115 Å². The van der Waals surface area contributed by atoms with Crippen molar-refractivity contribution in [3.63, 3.8) is 0 Å². The zero-order valence-corrected chi connectivity index (χ0v) is 12.1. The summed E-state index contributed by atoms with van der Waals surface area (Å²) in [4.78, 5) is 13.5. The molecular weight excluding hydrogens is 238 g/mol. The molecule has 2 unspecified atom stereocenters. The quantitative estimate of drug-likeness (QED) is 0.762. The summed E-state index contributed by atoms with van der Waals surface area (Å²) < 4.78 is 5.42. The molecule has 1 aromatic rings. The molecule has 1 fully saturated rings. The van der Waals surface area contributed by atoms with Crippen LogP contribution in [0.2, 0.25) is 0 Å². The van der Waals surface area contributed by atoms with Gasteiger partial charge in [0.2, 0.25) is 0 Å². The third kappa shape index (κ3) is 2.98. The molecule has 1 aliphatic rings. The Balaban J connectivity index is 2.23. The van der Waals surface area contributed by atoms with Crippen molar-refractivity contribution in [2.45, 2.75) is 51.7 Å². The second-order valence-corrected chi connectivity index (χ2v) is 5.35. The van der Waals surface area contributed by atoms with Crippen molar-refractivity contribution in [1.29, 1.82) is 0 Å². The summed E-state index contributed by atoms with van der Waals surface area (Å²) in [6, 6.07) is 6.90. The number of aldehydes is 1. The smallest absolute Gasteiger partial charge is 0.150 e. The number of hydrogen-bond acceptors (Lipinski definition) is 3. The van der Waals surface area contributed by atoms with Crippen molar-refractivity contribution in [3.8, 4) is 5.75 Å². The molecule has 1 heterocycles. The molecule has 1 aromatic carbocycles. The van der Waals surface area contributed by atoms with E-state index < -0.39 is 0 Å². The molecule has 3 heteroatoms. The molecule has 19 heavy (non-hydrogen) atoms. The number of carbonyl (C=O) groups is 1. The van der Waals surface area contributed by atoms with Crippen LogP contribution in [0.3, 0.4) is 0 Å². The van der Waals surface area contributed by atoms with Gasteiger partial charge in [-0.1, -0.05) is 6.92 Å². The molecule has 0 aliphatic carbocycles. The van der Waals surface area contributed by atoms with E-state index in [1.54, 1.807) is 13.2 Å². The standard InChI is InChI=1S/C16H23NO2/c1-4-15-7-5-12(2)17(15)10-14-9-13(11-18)6-8-16(14)19-3/h6,8-9,11-12,15H,4-5,7,10H2,1-3H3. The van der Waals surface area contributed by atoms with Gasteiger partial charge in [0.25, 0.3) is 0 Å². The Bertz CT molecular complexity index is 444. The van der Waals surface area contributed by atoms with Crippen molar-refractivity contribution in [1.82, 2.24) is 4.90 Å². The van der Waals surface area contributed by atoms with Crippen LogP contribution in [0.4, 0.5) is 0 Å². The van der Waals surface area contributed by atoms with Crippen LogP contribution in [0.25, 0.3) is 0 Å². The van der Waals surface area contributed by atoms with E-state index in [0.29, 0.717) is 12.1 Å². The molecule has 0 N–H and O–H groups in total. The number of methoxy groups -OCH3 is 1. The zero-order valence-electron chi connectivity index (χ0n) is 12.1. The van der Waals surface area contributed by atoms with E-state index in [1.807, 2.05) is 12.1 Å². The average molecular weight is 261 g/mol. The summed E-state index contributed by atoms with van der Waals surface area (Å²) in [6.45, 7) is 5.39. The van der Waals surface area contributed by atoms with Crippen molar-refractivity contribution in [3.05, 3.63) is 29.3 Å². The van der Waals surface area contributed by atoms with Gasteiger partial charge in [-0.2, -0.15) is 0 Å². The van der Waals surface area contributed by atoms with Gasteiger partial charge in [0.1, 0.15) is 12.0 Å². The molecule has 0 bridgehead atoms. The fourth-order valence-electron chi connectivity index (χ4n) is 3.04. The number of benzene rings is 1. The molecule has 1 saturated heterocycles. The number of ether oxygens (including phenoxy) is 1. The first-order chi connectivity index (χ1) is 9.19. The fourth-order valence-corrected chi connectivity index (χ4v) is 3.04. The Morgan fingerprint density at radius 2 is 2.21 bits per heavy atom. The van der Waals surface area contributed by atoms with Crippen molar-refractivity contribution in [2.75, 3.05) is 7.11 Å². The van der Waals surface area contributed by atoms with Crippen molar-refractivity contribution < 1.29 is 9.53 Å². The number of carbonyl (C=O) groups excluding carboxylic acids is 1. The Kier molecular flexibility index (Phi) is 4.59. The van der Waals surface area contributed by atoms with Crippen LogP contribution in [0.15, 0.2) is 18.2 Å². The Hall–Kier alpha value is -1.35. The van der Waals surface area contributed by atoms with Crippen molar-refractivity contribution >= 4 is 6.29 Å². The minimum atomic E-state index is 0.606. The van der Waals surface area contributed by atoms with Crippen LogP contribution >= 0.6 is 0 Å². The van der Waals surface area contributed by atoms with Crippen LogP contribution in [-0.4, -0.2) is 30.4 Å². The first-order valence-electron chi connectivity index (χ1n) is 7.07. The highest BCUT2D eigenvalue weighted by Crippen LogP contribution is 2.30. The van der Waals surface area contributed by atoms with E-state index in [9.17, 15) is 4.79 Å². The highest BCUT2D eigenvalue weighted by molar-refractivity contribution is 5.75. The monoisotopic (exact) mass is 261 g/mol. The maximum Gasteiger partial charge on any atom is 0.150 e. The van der Waals surface area contributed by atoms with Gasteiger partial charge >= 0.3 is 0 Å². The summed E-state index contributed by atoms with van der Waals surface area (Å²) in [6.07, 6.45) is 4.61. The third-order valence-corrected chi connectivity index (χ3v) is 4.22. The van der Waals surface area contributed by atoms with Crippen LogP contribution in [0, 0.1) is 0 Å². The number of likely N-dealkylation sites (tertiary alicyclic amines) is 1. The normalized spacial score (nSPS) is 23.5. The minimum absolute atomic E-state index is 0.606. The first kappa shape index (κ1) is 14.1. The van der Waals surface area contributed by atoms with E-state index in [0.717, 1.165) is 29.7 Å². The SMILES string of the molecule is CCC1CCC(C)N1Cc1cc(C=O)ccc1OC. The lowest BCUT2D eigenvalue weighted by Crippen LogP contribution is -2.33. The lowest BCUT2D eigenvalue weighted by atomic mass is 10.1. The van der Waals surface area contributed by atoms with Gasteiger partial charge in [0.15, 0.2) is 0 Å². The topological polar surface area (TPSA) is 29.5 Å². The summed E-state index contributed by atoms with van der Waals surface area (Å²) >= 11 is 0. The van der Waals surface area contributed by atoms with E-state index in [4.69, 9.17) is 4.74 Å². The summed E-state index contributed by atoms with van der Waals surface area (Å²) in [7, 11) is 1.68. The molecule has 0 spiro atoms. The minimum Gasteiger partial charge on any atom is -0.496 e. The first-order valence-corrected chi connectivity index (χ1v) is 7.07. The Morgan fingerprint density at radius 3 is 2.84 bits per heavy atom. The lowest BCUT2D eigenvalue weighted by molar-refractivity contribution is 0.112. The summed E-state index contributed by atoms with van der Waals surface area (Å²) in [5, 5.41) is 0. The predicted molar refractivity (Wildman–Crippen MR) is 76.7 cm³/mol. The van der Waals surface area contributed by atoms with Crippen LogP contribution in [-0.2, 0) is 6.54 Å². The van der Waals surface area contributed by atoms with Gasteiger partial charge < -0.3 is 4.74 Å². The molecular formula is C16H23NO2. The highest BCUT2D eigenvalue weighted by Gasteiger charge is 2.29. The largest absolute Gasteiger partial charge is 0.496 e. The molecule has 0 amide bonds. The van der Waals surface area contributed by atoms with E-state index in [-0.39, 0.29) is 0 Å². The van der Waals surface area contributed by atoms with Crippen LogP contribution in [0.5, 0.6) is 5.75 Å². The van der Waals surface area contributed by atoms with E-state index in [2.05, 4.69) is 18.7 Å². The number of hydrogen-bond donors (Lipinski definition) is 0. The molecule has 0 aromatic heterocycles. The molecule has 2 atom stereocenters. The second-order valence-electron chi connectivity index (χ2n) is 5.35. The second kappa shape index (κ2) is 6.20. The molecule has 3 nitrogen and oxygen atoms in total. The van der Waals surface area contributed by atoms with Gasteiger partial charge in [0, 0.05) is 29.8 Å². The zero-order chi connectivity index (χ0) is 13.8. The summed E-state index contributed by atoms with van der Waals surface area (Å²) in [5.41, 5.74) is 1.83. The van der Waals surface area contributed by atoms with Gasteiger partial charge in [0.05, 0.1) is 7.11 Å². The highest BCUT2D eigenvalue weighted by atomic mass is 16.5. The van der Waals surface area contributed by atoms with Gasteiger partial charge in [-0.3, -0.25) is 9.69 Å². The Morgan fingerprint density at radius 1 is 1.42 bits per heavy atom. The van der Waals surface area contributed by atoms with Crippen molar-refractivity contribution in [2.24, 2.45) is 0 Å². The predicted octanol–water partition coefficient (Wildman–Crippen LogP) is 3.27.